The molecule has 1 aromatic rings. The third kappa shape index (κ3) is 2.98. The zero-order chi connectivity index (χ0) is 20.2. The molecule has 0 unspecified atom stereocenters. The summed E-state index contributed by atoms with van der Waals surface area (Å²) in [4.78, 5) is 19.0. The molecule has 1 saturated heterocycles. The third-order valence-electron chi connectivity index (χ3n) is 10.2. The number of aromatic nitrogens is 1. The molecular formula is C26H38N2O. The smallest absolute Gasteiger partial charge is 0.222 e. The monoisotopic (exact) mass is 394 g/mol. The molecule has 3 aliphatic carbocycles. The van der Waals surface area contributed by atoms with Crippen LogP contribution in [-0.4, -0.2) is 28.9 Å². The Hall–Kier alpha value is -1.38. The summed E-state index contributed by atoms with van der Waals surface area (Å²) >= 11 is 0. The normalized spacial score (nSPS) is 44.2. The lowest BCUT2D eigenvalue weighted by atomic mass is 9.46. The lowest BCUT2D eigenvalue weighted by molar-refractivity contribution is -0.158. The van der Waals surface area contributed by atoms with Crippen LogP contribution >= 0.6 is 0 Å². The van der Waals surface area contributed by atoms with Gasteiger partial charge in [0.25, 0.3) is 0 Å². The fourth-order valence-corrected chi connectivity index (χ4v) is 8.60. The fraction of sp³-hybridized carbons (Fsp3) is 0.769. The summed E-state index contributed by atoms with van der Waals surface area (Å²) in [6.07, 6.45) is 14.4. The molecule has 0 spiro atoms. The lowest BCUT2D eigenvalue weighted by Crippen LogP contribution is -2.61. The molecule has 1 amide bonds. The Morgan fingerprint density at radius 1 is 1.03 bits per heavy atom. The number of carbonyl (C=O) groups excluding carboxylic acids is 1. The van der Waals surface area contributed by atoms with Crippen LogP contribution in [0.3, 0.4) is 0 Å². The van der Waals surface area contributed by atoms with Gasteiger partial charge in [-0.1, -0.05) is 19.9 Å². The number of hydrogen-bond acceptors (Lipinski definition) is 2. The summed E-state index contributed by atoms with van der Waals surface area (Å²) in [7, 11) is 2.07. The number of amides is 1. The van der Waals surface area contributed by atoms with Crippen LogP contribution in [0.2, 0.25) is 0 Å². The Morgan fingerprint density at radius 3 is 2.66 bits per heavy atom. The van der Waals surface area contributed by atoms with E-state index in [0.29, 0.717) is 22.8 Å². The van der Waals surface area contributed by atoms with E-state index < -0.39 is 0 Å². The summed E-state index contributed by atoms with van der Waals surface area (Å²) in [5.41, 5.74) is 2.13. The summed E-state index contributed by atoms with van der Waals surface area (Å²) in [6.45, 7) is 5.17. The van der Waals surface area contributed by atoms with Crippen molar-refractivity contribution in [1.29, 1.82) is 0 Å². The first-order valence-electron chi connectivity index (χ1n) is 12.1. The minimum Gasteiger partial charge on any atom is -0.342 e. The summed E-state index contributed by atoms with van der Waals surface area (Å²) in [6, 6.07) is 6.81. The van der Waals surface area contributed by atoms with Crippen LogP contribution in [0.5, 0.6) is 0 Å². The highest BCUT2D eigenvalue weighted by Gasteiger charge is 2.60. The molecule has 1 aliphatic heterocycles. The van der Waals surface area contributed by atoms with Crippen LogP contribution in [0.4, 0.5) is 0 Å². The number of nitrogens with zero attached hydrogens (tertiary/aromatic N) is 2. The van der Waals surface area contributed by atoms with Crippen LogP contribution < -0.4 is 0 Å². The summed E-state index contributed by atoms with van der Waals surface area (Å²) in [5.74, 6) is 3.84. The maximum atomic E-state index is 12.3. The molecule has 29 heavy (non-hydrogen) atoms. The number of aryl methyl sites for hydroxylation is 1. The summed E-state index contributed by atoms with van der Waals surface area (Å²) < 4.78 is 0. The molecule has 3 heteroatoms. The van der Waals surface area contributed by atoms with Crippen molar-refractivity contribution in [3.63, 3.8) is 0 Å². The highest BCUT2D eigenvalue weighted by atomic mass is 16.2. The van der Waals surface area contributed by atoms with Gasteiger partial charge in [0.15, 0.2) is 0 Å². The van der Waals surface area contributed by atoms with Crippen LogP contribution in [-0.2, 0) is 11.2 Å². The van der Waals surface area contributed by atoms with E-state index in [1.165, 1.54) is 50.6 Å². The predicted octanol–water partition coefficient (Wildman–Crippen LogP) is 5.49. The van der Waals surface area contributed by atoms with Gasteiger partial charge in [0, 0.05) is 31.4 Å². The van der Waals surface area contributed by atoms with Gasteiger partial charge in [-0.15, -0.1) is 0 Å². The summed E-state index contributed by atoms with van der Waals surface area (Å²) in [5, 5.41) is 0. The van der Waals surface area contributed by atoms with E-state index in [1.54, 1.807) is 0 Å². The highest BCUT2D eigenvalue weighted by Crippen LogP contribution is 2.66. The average Bonchev–Trinajstić information content (AvgIpc) is 3.07. The SMILES string of the molecule is CN1C(=O)CC[C@]2(C)[C@H]3CC[C@]4(C)[C@@H](CCc5ccccn5)CC[C@H]4[C@@H]3CC[C@@H]12. The van der Waals surface area contributed by atoms with Gasteiger partial charge in [-0.05, 0) is 104 Å². The standard InChI is InChI=1S/C26H38N2O/c1-25-15-13-22-20(10-12-23-26(22,2)16-14-24(29)28(23)3)21(25)11-8-18(25)7-9-19-6-4-5-17-27-19/h4-6,17-18,20-23H,7-16H2,1-3H3/t18-,20-,21-,22-,23+,25+,26+/m0/s1. The van der Waals surface area contributed by atoms with E-state index in [-0.39, 0.29) is 0 Å². The zero-order valence-corrected chi connectivity index (χ0v) is 18.6. The van der Waals surface area contributed by atoms with Gasteiger partial charge >= 0.3 is 0 Å². The highest BCUT2D eigenvalue weighted by molar-refractivity contribution is 5.77. The fourth-order valence-electron chi connectivity index (χ4n) is 8.60. The van der Waals surface area contributed by atoms with E-state index in [2.05, 4.69) is 42.9 Å². The van der Waals surface area contributed by atoms with Crippen molar-refractivity contribution in [2.75, 3.05) is 7.05 Å². The topological polar surface area (TPSA) is 33.2 Å². The van der Waals surface area contributed by atoms with Crippen LogP contribution in [0, 0.1) is 34.5 Å². The van der Waals surface area contributed by atoms with Gasteiger partial charge in [0.1, 0.15) is 0 Å². The first-order chi connectivity index (χ1) is 13.9. The maximum Gasteiger partial charge on any atom is 0.222 e. The van der Waals surface area contributed by atoms with Crippen molar-refractivity contribution in [2.45, 2.75) is 84.1 Å². The molecule has 4 aliphatic rings. The van der Waals surface area contributed by atoms with Crippen molar-refractivity contribution >= 4 is 5.91 Å². The van der Waals surface area contributed by atoms with E-state index in [4.69, 9.17) is 0 Å². The maximum absolute atomic E-state index is 12.3. The Labute approximate surface area is 176 Å². The molecule has 158 valence electrons. The van der Waals surface area contributed by atoms with Crippen LogP contribution in [0.1, 0.15) is 77.3 Å². The van der Waals surface area contributed by atoms with Crippen molar-refractivity contribution in [3.05, 3.63) is 30.1 Å². The Morgan fingerprint density at radius 2 is 1.86 bits per heavy atom. The van der Waals surface area contributed by atoms with Crippen molar-refractivity contribution in [1.82, 2.24) is 9.88 Å². The quantitative estimate of drug-likeness (QED) is 0.679. The van der Waals surface area contributed by atoms with Crippen molar-refractivity contribution in [2.24, 2.45) is 34.5 Å². The Kier molecular flexibility index (Phi) is 4.79. The van der Waals surface area contributed by atoms with Crippen LogP contribution in [0.15, 0.2) is 24.4 Å². The van der Waals surface area contributed by atoms with Crippen molar-refractivity contribution in [3.8, 4) is 0 Å². The molecule has 0 radical (unpaired) electrons. The number of hydrogen-bond donors (Lipinski definition) is 0. The molecule has 3 nitrogen and oxygen atoms in total. The molecular weight excluding hydrogens is 356 g/mol. The predicted molar refractivity (Wildman–Crippen MR) is 116 cm³/mol. The first kappa shape index (κ1) is 19.6. The van der Waals surface area contributed by atoms with E-state index in [1.807, 2.05) is 12.3 Å². The van der Waals surface area contributed by atoms with E-state index in [9.17, 15) is 4.79 Å². The van der Waals surface area contributed by atoms with Gasteiger partial charge in [-0.25, -0.2) is 0 Å². The van der Waals surface area contributed by atoms with Gasteiger partial charge in [0.05, 0.1) is 0 Å². The lowest BCUT2D eigenvalue weighted by Gasteiger charge is -2.62. The molecule has 2 heterocycles. The number of likely N-dealkylation sites (tertiary alicyclic amines) is 1. The average molecular weight is 395 g/mol. The largest absolute Gasteiger partial charge is 0.342 e. The molecule has 4 fully saturated rings. The van der Waals surface area contributed by atoms with Gasteiger partial charge < -0.3 is 4.90 Å². The number of carbonyl (C=O) groups is 1. The minimum absolute atomic E-state index is 0.346. The molecule has 0 N–H and O–H groups in total. The zero-order valence-electron chi connectivity index (χ0n) is 18.6. The van der Waals surface area contributed by atoms with E-state index >= 15 is 0 Å². The Balaban J connectivity index is 1.33. The number of rotatable bonds is 3. The van der Waals surface area contributed by atoms with Crippen LogP contribution in [0.25, 0.3) is 0 Å². The van der Waals surface area contributed by atoms with Crippen molar-refractivity contribution < 1.29 is 4.79 Å². The second kappa shape index (κ2) is 7.10. The molecule has 7 atom stereocenters. The molecule has 0 aromatic carbocycles. The van der Waals surface area contributed by atoms with Gasteiger partial charge in [0.2, 0.25) is 5.91 Å². The molecule has 1 aromatic heterocycles. The third-order valence-corrected chi connectivity index (χ3v) is 10.2. The Bertz CT molecular complexity index is 763. The second-order valence-electron chi connectivity index (χ2n) is 11.2. The van der Waals surface area contributed by atoms with Gasteiger partial charge in [-0.2, -0.15) is 0 Å². The second-order valence-corrected chi connectivity index (χ2v) is 11.2. The molecule has 3 saturated carbocycles. The first-order valence-corrected chi connectivity index (χ1v) is 12.1. The van der Waals surface area contributed by atoms with E-state index in [0.717, 1.165) is 42.9 Å². The minimum atomic E-state index is 0.346. The molecule has 5 rings (SSSR count). The number of pyridine rings is 1. The van der Waals surface area contributed by atoms with Gasteiger partial charge in [-0.3, -0.25) is 9.78 Å². The number of piperidine rings is 1. The number of fused-ring (bicyclic) bond motifs is 5. The molecule has 0 bridgehead atoms.